The van der Waals surface area contributed by atoms with Crippen molar-refractivity contribution in [2.45, 2.75) is 17.6 Å². The molecule has 1 unspecified atom stereocenters. The first-order chi connectivity index (χ1) is 13.7. The fourth-order valence-electron chi connectivity index (χ4n) is 3.34. The Bertz CT molecular complexity index is 1200. The maximum Gasteiger partial charge on any atom is 0.407 e. The van der Waals surface area contributed by atoms with Crippen molar-refractivity contribution in [3.05, 3.63) is 63.6 Å². The molecule has 0 saturated carbocycles. The van der Waals surface area contributed by atoms with Crippen LogP contribution in [0, 0.1) is 0 Å². The number of hydrogen-bond acceptors (Lipinski definition) is 6. The van der Waals surface area contributed by atoms with Crippen molar-refractivity contribution in [2.75, 3.05) is 12.8 Å². The van der Waals surface area contributed by atoms with Gasteiger partial charge in [-0.05, 0) is 17.2 Å². The van der Waals surface area contributed by atoms with Crippen LogP contribution in [0.3, 0.4) is 0 Å². The molecule has 1 amide bonds. The number of carboxylic acid groups (broad SMARTS) is 1. The normalized spacial score (nSPS) is 16.5. The summed E-state index contributed by atoms with van der Waals surface area (Å²) in [5.41, 5.74) is 2.21. The lowest BCUT2D eigenvalue weighted by Gasteiger charge is -2.31. The van der Waals surface area contributed by atoms with Gasteiger partial charge in [-0.2, -0.15) is 0 Å². The Labute approximate surface area is 176 Å². The SMILES string of the molecule is CS(=O)(=O)c1ncc(Cl)c(-c2cc3c(s2)C(c2ccccc2)CN(C(=O)O)C3)n1. The molecule has 1 aliphatic heterocycles. The van der Waals surface area contributed by atoms with Crippen molar-refractivity contribution in [3.8, 4) is 10.6 Å². The van der Waals surface area contributed by atoms with Crippen molar-refractivity contribution in [3.63, 3.8) is 0 Å². The summed E-state index contributed by atoms with van der Waals surface area (Å²) in [6.07, 6.45) is 1.33. The molecule has 3 aromatic rings. The topological polar surface area (TPSA) is 100 Å². The van der Waals surface area contributed by atoms with Crippen LogP contribution in [0.25, 0.3) is 10.6 Å². The van der Waals surface area contributed by atoms with Gasteiger partial charge >= 0.3 is 6.09 Å². The van der Waals surface area contributed by atoms with Crippen molar-refractivity contribution < 1.29 is 18.3 Å². The van der Waals surface area contributed by atoms with Crippen LogP contribution < -0.4 is 0 Å². The van der Waals surface area contributed by atoms with Crippen molar-refractivity contribution in [1.29, 1.82) is 0 Å². The van der Waals surface area contributed by atoms with Crippen LogP contribution >= 0.6 is 22.9 Å². The van der Waals surface area contributed by atoms with E-state index < -0.39 is 15.9 Å². The molecule has 1 aromatic carbocycles. The van der Waals surface area contributed by atoms with E-state index >= 15 is 0 Å². The predicted octanol–water partition coefficient (Wildman–Crippen LogP) is 3.89. The third-order valence-corrected chi connectivity index (χ3v) is 7.12. The number of aromatic nitrogens is 2. The molecule has 0 radical (unpaired) electrons. The Kier molecular flexibility index (Phi) is 5.05. The fourth-order valence-corrected chi connectivity index (χ4v) is 5.39. The van der Waals surface area contributed by atoms with Crippen LogP contribution in [0.1, 0.15) is 21.9 Å². The standard InChI is InChI=1S/C19H16ClN3O4S2/c1-29(26,27)18-21-8-14(20)16(22-18)15-7-12-9-23(19(24)25)10-13(17(12)28-15)11-5-3-2-4-6-11/h2-8,13H,9-10H2,1H3,(H,24,25). The van der Waals surface area contributed by atoms with Gasteiger partial charge in [0.05, 0.1) is 22.6 Å². The molecule has 1 atom stereocenters. The van der Waals surface area contributed by atoms with E-state index in [0.717, 1.165) is 22.3 Å². The average Bonchev–Trinajstić information content (AvgIpc) is 3.11. The van der Waals surface area contributed by atoms with Crippen LogP contribution in [0.2, 0.25) is 5.02 Å². The van der Waals surface area contributed by atoms with Gasteiger partial charge < -0.3 is 10.0 Å². The number of halogens is 1. The van der Waals surface area contributed by atoms with Gasteiger partial charge in [0.2, 0.25) is 15.0 Å². The molecule has 0 aliphatic carbocycles. The average molecular weight is 450 g/mol. The maximum atomic E-state index is 11.8. The van der Waals surface area contributed by atoms with Gasteiger partial charge in [-0.25, -0.2) is 23.2 Å². The summed E-state index contributed by atoms with van der Waals surface area (Å²) in [6, 6.07) is 11.5. The Morgan fingerprint density at radius 2 is 2.03 bits per heavy atom. The molecular weight excluding hydrogens is 434 g/mol. The van der Waals surface area contributed by atoms with Gasteiger partial charge in [0.1, 0.15) is 5.69 Å². The summed E-state index contributed by atoms with van der Waals surface area (Å²) in [5, 5.41) is 9.49. The molecule has 29 heavy (non-hydrogen) atoms. The Balaban J connectivity index is 1.84. The number of rotatable bonds is 3. The van der Waals surface area contributed by atoms with E-state index in [1.807, 2.05) is 36.4 Å². The predicted molar refractivity (Wildman–Crippen MR) is 110 cm³/mol. The van der Waals surface area contributed by atoms with E-state index in [-0.39, 0.29) is 22.6 Å². The number of nitrogens with zero attached hydrogens (tertiary/aromatic N) is 3. The molecule has 150 valence electrons. The Morgan fingerprint density at radius 1 is 1.31 bits per heavy atom. The van der Waals surface area contributed by atoms with Gasteiger partial charge in [-0.15, -0.1) is 11.3 Å². The maximum absolute atomic E-state index is 11.8. The first kappa shape index (κ1) is 19.8. The number of benzene rings is 1. The highest BCUT2D eigenvalue weighted by Gasteiger charge is 2.32. The molecule has 1 aliphatic rings. The largest absolute Gasteiger partial charge is 0.465 e. The molecule has 3 heterocycles. The van der Waals surface area contributed by atoms with E-state index in [0.29, 0.717) is 17.1 Å². The van der Waals surface area contributed by atoms with E-state index in [9.17, 15) is 18.3 Å². The van der Waals surface area contributed by atoms with Crippen molar-refractivity contribution in [1.82, 2.24) is 14.9 Å². The number of hydrogen-bond donors (Lipinski definition) is 1. The smallest absolute Gasteiger partial charge is 0.407 e. The minimum absolute atomic E-state index is 0.121. The molecule has 7 nitrogen and oxygen atoms in total. The second-order valence-corrected chi connectivity index (χ2v) is 10.1. The van der Waals surface area contributed by atoms with E-state index in [1.54, 1.807) is 0 Å². The van der Waals surface area contributed by atoms with Crippen molar-refractivity contribution >= 4 is 38.9 Å². The first-order valence-corrected chi connectivity index (χ1v) is 11.7. The summed E-state index contributed by atoms with van der Waals surface area (Å²) in [4.78, 5) is 22.7. The van der Waals surface area contributed by atoms with Gasteiger partial charge in [-0.1, -0.05) is 41.9 Å². The number of fused-ring (bicyclic) bond motifs is 1. The van der Waals surface area contributed by atoms with Gasteiger partial charge in [0.25, 0.3) is 0 Å². The fraction of sp³-hybridized carbons (Fsp3) is 0.211. The summed E-state index contributed by atoms with van der Waals surface area (Å²) in [6.45, 7) is 0.602. The molecule has 1 N–H and O–H groups in total. The van der Waals surface area contributed by atoms with Crippen LogP contribution in [0.15, 0.2) is 47.8 Å². The zero-order valence-electron chi connectivity index (χ0n) is 15.2. The van der Waals surface area contributed by atoms with Crippen LogP contribution in [0.4, 0.5) is 4.79 Å². The third-order valence-electron chi connectivity index (χ3n) is 4.68. The number of amides is 1. The lowest BCUT2D eigenvalue weighted by atomic mass is 9.91. The number of thiophene rings is 1. The molecular formula is C19H16ClN3O4S2. The zero-order valence-corrected chi connectivity index (χ0v) is 17.6. The van der Waals surface area contributed by atoms with E-state index in [1.165, 1.54) is 22.4 Å². The molecule has 2 aromatic heterocycles. The Morgan fingerprint density at radius 3 is 2.69 bits per heavy atom. The lowest BCUT2D eigenvalue weighted by molar-refractivity contribution is 0.137. The third kappa shape index (κ3) is 3.85. The molecule has 0 spiro atoms. The molecule has 10 heteroatoms. The monoisotopic (exact) mass is 449 g/mol. The van der Waals surface area contributed by atoms with Gasteiger partial charge in [-0.3, -0.25) is 0 Å². The zero-order chi connectivity index (χ0) is 20.8. The van der Waals surface area contributed by atoms with Crippen LogP contribution in [-0.2, 0) is 16.4 Å². The highest BCUT2D eigenvalue weighted by molar-refractivity contribution is 7.90. The Hall–Kier alpha value is -2.49. The first-order valence-electron chi connectivity index (χ1n) is 8.62. The summed E-state index contributed by atoms with van der Waals surface area (Å²) < 4.78 is 23.7. The highest BCUT2D eigenvalue weighted by atomic mass is 35.5. The minimum atomic E-state index is -3.59. The number of sulfone groups is 1. The summed E-state index contributed by atoms with van der Waals surface area (Å²) >= 11 is 7.71. The van der Waals surface area contributed by atoms with Crippen LogP contribution in [0.5, 0.6) is 0 Å². The van der Waals surface area contributed by atoms with E-state index in [2.05, 4.69) is 9.97 Å². The molecule has 4 rings (SSSR count). The van der Waals surface area contributed by atoms with Gasteiger partial charge in [0.15, 0.2) is 0 Å². The highest BCUT2D eigenvalue weighted by Crippen LogP contribution is 2.43. The van der Waals surface area contributed by atoms with Crippen molar-refractivity contribution in [2.24, 2.45) is 0 Å². The van der Waals surface area contributed by atoms with Crippen LogP contribution in [-0.4, -0.2) is 47.3 Å². The molecule has 0 fully saturated rings. The summed E-state index contributed by atoms with van der Waals surface area (Å²) in [7, 11) is -3.59. The molecule has 0 bridgehead atoms. The minimum Gasteiger partial charge on any atom is -0.465 e. The summed E-state index contributed by atoms with van der Waals surface area (Å²) in [5.74, 6) is -0.121. The lowest BCUT2D eigenvalue weighted by Crippen LogP contribution is -2.36. The quantitative estimate of drug-likeness (QED) is 0.609. The second kappa shape index (κ2) is 7.40. The van der Waals surface area contributed by atoms with Gasteiger partial charge in [0, 0.05) is 23.6 Å². The van der Waals surface area contributed by atoms with E-state index in [4.69, 9.17) is 11.6 Å². The molecule has 0 saturated heterocycles. The second-order valence-electron chi connectivity index (χ2n) is 6.75. The number of carbonyl (C=O) groups is 1.